The van der Waals surface area contributed by atoms with E-state index < -0.39 is 0 Å². The Labute approximate surface area is 126 Å². The Morgan fingerprint density at radius 1 is 1.19 bits per heavy atom. The fraction of sp³-hybridized carbons (Fsp3) is 0.471. The van der Waals surface area contributed by atoms with Gasteiger partial charge in [-0.2, -0.15) is 5.10 Å². The van der Waals surface area contributed by atoms with Gasteiger partial charge in [-0.1, -0.05) is 26.0 Å². The molecular weight excluding hydrogens is 262 g/mol. The van der Waals surface area contributed by atoms with Crippen molar-refractivity contribution in [3.05, 3.63) is 47.3 Å². The Bertz CT molecular complexity index is 574. The van der Waals surface area contributed by atoms with E-state index in [2.05, 4.69) is 31.5 Å². The van der Waals surface area contributed by atoms with Gasteiger partial charge in [0.2, 0.25) is 0 Å². The maximum atomic E-state index is 6.43. The van der Waals surface area contributed by atoms with Gasteiger partial charge in [0.15, 0.2) is 0 Å². The van der Waals surface area contributed by atoms with Gasteiger partial charge in [-0.25, -0.2) is 0 Å². The van der Waals surface area contributed by atoms with Crippen LogP contribution in [0.4, 0.5) is 0 Å². The third-order valence-corrected chi connectivity index (χ3v) is 3.99. The fourth-order valence-corrected chi connectivity index (χ4v) is 2.54. The summed E-state index contributed by atoms with van der Waals surface area (Å²) in [5, 5.41) is 4.69. The Balaban J connectivity index is 2.25. The van der Waals surface area contributed by atoms with E-state index in [1.165, 1.54) is 5.69 Å². The van der Waals surface area contributed by atoms with Crippen LogP contribution in [0.3, 0.4) is 0 Å². The van der Waals surface area contributed by atoms with Crippen LogP contribution in [0, 0.1) is 0 Å². The highest BCUT2D eigenvalue weighted by Gasteiger charge is 2.20. The minimum Gasteiger partial charge on any atom is -0.497 e. The van der Waals surface area contributed by atoms with E-state index in [0.717, 1.165) is 29.8 Å². The van der Waals surface area contributed by atoms with Crippen molar-refractivity contribution in [3.8, 4) is 5.75 Å². The van der Waals surface area contributed by atoms with Crippen molar-refractivity contribution in [2.75, 3.05) is 7.11 Å². The largest absolute Gasteiger partial charge is 0.497 e. The monoisotopic (exact) mass is 287 g/mol. The molecule has 2 rings (SSSR count). The van der Waals surface area contributed by atoms with Crippen molar-refractivity contribution in [1.29, 1.82) is 0 Å². The number of rotatable bonds is 6. The number of hydrogen-bond donors (Lipinski definition) is 1. The molecule has 0 aliphatic heterocycles. The molecule has 2 N–H and O–H groups in total. The normalized spacial score (nSPS) is 14.0. The molecule has 1 heterocycles. The smallest absolute Gasteiger partial charge is 0.118 e. The molecule has 1 aromatic carbocycles. The summed E-state index contributed by atoms with van der Waals surface area (Å²) in [6, 6.07) is 10.1. The molecule has 21 heavy (non-hydrogen) atoms. The minimum atomic E-state index is -0.0918. The van der Waals surface area contributed by atoms with Gasteiger partial charge in [-0.15, -0.1) is 0 Å². The van der Waals surface area contributed by atoms with Crippen molar-refractivity contribution in [3.63, 3.8) is 0 Å². The van der Waals surface area contributed by atoms with Gasteiger partial charge in [0, 0.05) is 5.69 Å². The van der Waals surface area contributed by atoms with E-state index in [-0.39, 0.29) is 12.1 Å². The van der Waals surface area contributed by atoms with Gasteiger partial charge in [-0.3, -0.25) is 4.68 Å². The topological polar surface area (TPSA) is 53.1 Å². The summed E-state index contributed by atoms with van der Waals surface area (Å²) < 4.78 is 7.27. The summed E-state index contributed by atoms with van der Waals surface area (Å²) in [6.45, 7) is 6.40. The van der Waals surface area contributed by atoms with Gasteiger partial charge in [0.25, 0.3) is 0 Å². The number of aromatic nitrogens is 2. The number of benzene rings is 1. The highest BCUT2D eigenvalue weighted by atomic mass is 16.5. The highest BCUT2D eigenvalue weighted by molar-refractivity contribution is 5.29. The van der Waals surface area contributed by atoms with Crippen LogP contribution in [0.5, 0.6) is 5.75 Å². The molecule has 0 amide bonds. The number of ether oxygens (including phenoxy) is 1. The van der Waals surface area contributed by atoms with E-state index in [1.54, 1.807) is 7.11 Å². The predicted octanol–water partition coefficient (Wildman–Crippen LogP) is 3.28. The van der Waals surface area contributed by atoms with Crippen LogP contribution >= 0.6 is 0 Å². The average molecular weight is 287 g/mol. The molecule has 114 valence electrons. The van der Waals surface area contributed by atoms with E-state index in [9.17, 15) is 0 Å². The lowest BCUT2D eigenvalue weighted by molar-refractivity contribution is 0.398. The molecule has 4 nitrogen and oxygen atoms in total. The fourth-order valence-electron chi connectivity index (χ4n) is 2.54. The molecule has 0 aliphatic rings. The second kappa shape index (κ2) is 6.76. The molecular formula is C17H25N3O. The number of nitrogens with zero attached hydrogens (tertiary/aromatic N) is 2. The first-order chi connectivity index (χ1) is 10.1. The molecule has 0 aliphatic carbocycles. The standard InChI is InChI=1S/C17H25N3O/c1-5-14-11-15(6-2)20(19-14)12(3)17(18)13-7-9-16(21-4)10-8-13/h7-12,17H,5-6,18H2,1-4H3. The van der Waals surface area contributed by atoms with Crippen LogP contribution in [0.2, 0.25) is 0 Å². The molecule has 1 aromatic heterocycles. The first-order valence-corrected chi connectivity index (χ1v) is 7.57. The zero-order valence-corrected chi connectivity index (χ0v) is 13.3. The summed E-state index contributed by atoms with van der Waals surface area (Å²) in [5.74, 6) is 0.847. The van der Waals surface area contributed by atoms with Crippen molar-refractivity contribution >= 4 is 0 Å². The van der Waals surface area contributed by atoms with Gasteiger partial charge < -0.3 is 10.5 Å². The SMILES string of the molecule is CCc1cc(CC)n(C(C)C(N)c2ccc(OC)cc2)n1. The number of methoxy groups -OCH3 is 1. The lowest BCUT2D eigenvalue weighted by Crippen LogP contribution is -2.24. The molecule has 0 radical (unpaired) electrons. The highest BCUT2D eigenvalue weighted by Crippen LogP contribution is 2.26. The summed E-state index contributed by atoms with van der Waals surface area (Å²) in [7, 11) is 1.67. The Morgan fingerprint density at radius 3 is 2.38 bits per heavy atom. The summed E-state index contributed by atoms with van der Waals surface area (Å²) in [5.41, 5.74) is 9.90. The number of nitrogens with two attached hydrogens (primary N) is 1. The Kier molecular flexibility index (Phi) is 5.02. The molecule has 0 spiro atoms. The quantitative estimate of drug-likeness (QED) is 0.887. The van der Waals surface area contributed by atoms with Crippen LogP contribution in [-0.2, 0) is 12.8 Å². The van der Waals surface area contributed by atoms with Gasteiger partial charge in [-0.05, 0) is 43.5 Å². The lowest BCUT2D eigenvalue weighted by atomic mass is 10.0. The lowest BCUT2D eigenvalue weighted by Gasteiger charge is -2.23. The molecule has 2 atom stereocenters. The van der Waals surface area contributed by atoms with E-state index >= 15 is 0 Å². The Morgan fingerprint density at radius 2 is 1.86 bits per heavy atom. The first-order valence-electron chi connectivity index (χ1n) is 7.57. The van der Waals surface area contributed by atoms with Crippen molar-refractivity contribution < 1.29 is 4.74 Å². The molecule has 2 aromatic rings. The Hall–Kier alpha value is -1.81. The molecule has 4 heteroatoms. The van der Waals surface area contributed by atoms with Crippen molar-refractivity contribution in [1.82, 2.24) is 9.78 Å². The maximum Gasteiger partial charge on any atom is 0.118 e. The maximum absolute atomic E-state index is 6.43. The summed E-state index contributed by atoms with van der Waals surface area (Å²) >= 11 is 0. The van der Waals surface area contributed by atoms with E-state index in [1.807, 2.05) is 24.3 Å². The second-order valence-corrected chi connectivity index (χ2v) is 5.32. The van der Waals surface area contributed by atoms with E-state index in [0.29, 0.717) is 0 Å². The van der Waals surface area contributed by atoms with Crippen LogP contribution in [0.15, 0.2) is 30.3 Å². The van der Waals surface area contributed by atoms with Crippen LogP contribution < -0.4 is 10.5 Å². The third-order valence-electron chi connectivity index (χ3n) is 3.99. The van der Waals surface area contributed by atoms with Crippen LogP contribution in [0.1, 0.15) is 49.8 Å². The predicted molar refractivity (Wildman–Crippen MR) is 85.6 cm³/mol. The molecule has 0 saturated heterocycles. The first kappa shape index (κ1) is 15.6. The van der Waals surface area contributed by atoms with Crippen LogP contribution in [-0.4, -0.2) is 16.9 Å². The summed E-state index contributed by atoms with van der Waals surface area (Å²) in [4.78, 5) is 0. The third kappa shape index (κ3) is 3.27. The molecule has 0 bridgehead atoms. The van der Waals surface area contributed by atoms with Gasteiger partial charge in [0.05, 0.1) is 24.9 Å². The van der Waals surface area contributed by atoms with Crippen LogP contribution in [0.25, 0.3) is 0 Å². The molecule has 2 unspecified atom stereocenters. The van der Waals surface area contributed by atoms with Crippen molar-refractivity contribution in [2.45, 2.75) is 45.7 Å². The van der Waals surface area contributed by atoms with Gasteiger partial charge >= 0.3 is 0 Å². The summed E-state index contributed by atoms with van der Waals surface area (Å²) in [6.07, 6.45) is 1.91. The van der Waals surface area contributed by atoms with Gasteiger partial charge in [0.1, 0.15) is 5.75 Å². The number of hydrogen-bond acceptors (Lipinski definition) is 3. The van der Waals surface area contributed by atoms with Crippen molar-refractivity contribution in [2.24, 2.45) is 5.73 Å². The molecule has 0 saturated carbocycles. The van der Waals surface area contributed by atoms with E-state index in [4.69, 9.17) is 15.6 Å². The zero-order chi connectivity index (χ0) is 15.4. The molecule has 0 fully saturated rings. The minimum absolute atomic E-state index is 0.0918. The second-order valence-electron chi connectivity index (χ2n) is 5.32. The zero-order valence-electron chi connectivity index (χ0n) is 13.3. The number of aryl methyl sites for hydroxylation is 2. The average Bonchev–Trinajstić information content (AvgIpc) is 2.97.